The molecule has 0 atom stereocenters. The van der Waals surface area contributed by atoms with Gasteiger partial charge < -0.3 is 9.15 Å². The van der Waals surface area contributed by atoms with Crippen molar-refractivity contribution in [2.75, 3.05) is 0 Å². The van der Waals surface area contributed by atoms with Crippen molar-refractivity contribution in [3.05, 3.63) is 75.6 Å². The first-order valence-corrected chi connectivity index (χ1v) is 7.00. The molecule has 0 saturated carbocycles. The van der Waals surface area contributed by atoms with E-state index >= 15 is 0 Å². The number of hydrogen-bond acceptors (Lipinski definition) is 5. The molecule has 1 aromatic carbocycles. The maximum atomic E-state index is 13.7. The first-order chi connectivity index (χ1) is 11.1. The molecule has 0 saturated heterocycles. The van der Waals surface area contributed by atoms with Gasteiger partial charge in [-0.2, -0.15) is 4.98 Å². The fraction of sp³-hybridized carbons (Fsp3) is 0.0625. The van der Waals surface area contributed by atoms with Crippen molar-refractivity contribution in [1.29, 1.82) is 0 Å². The molecule has 2 heterocycles. The highest BCUT2D eigenvalue weighted by atomic mass is 35.5. The summed E-state index contributed by atoms with van der Waals surface area (Å²) in [7, 11) is 0. The molecule has 0 spiro atoms. The molecule has 0 aliphatic heterocycles. The first kappa shape index (κ1) is 15.2. The van der Waals surface area contributed by atoms with Crippen LogP contribution in [-0.2, 0) is 6.61 Å². The Kier molecular flexibility index (Phi) is 4.34. The molecule has 0 N–H and O–H groups in total. The van der Waals surface area contributed by atoms with Gasteiger partial charge in [-0.25, -0.2) is 14.2 Å². The second-order valence-corrected chi connectivity index (χ2v) is 5.00. The summed E-state index contributed by atoms with van der Waals surface area (Å²) >= 11 is 5.70. The van der Waals surface area contributed by atoms with E-state index in [0.29, 0.717) is 16.3 Å². The van der Waals surface area contributed by atoms with Gasteiger partial charge in [0.25, 0.3) is 0 Å². The molecule has 116 valence electrons. The maximum absolute atomic E-state index is 13.7. The van der Waals surface area contributed by atoms with Gasteiger partial charge >= 0.3 is 5.76 Å². The van der Waals surface area contributed by atoms with Gasteiger partial charge in [0, 0.05) is 28.9 Å². The van der Waals surface area contributed by atoms with Crippen molar-refractivity contribution in [2.45, 2.75) is 6.61 Å². The molecular formula is C16H10ClFN2O3. The van der Waals surface area contributed by atoms with Crippen LogP contribution in [0.3, 0.4) is 0 Å². The van der Waals surface area contributed by atoms with Crippen LogP contribution >= 0.6 is 11.6 Å². The van der Waals surface area contributed by atoms with Crippen LogP contribution in [0.4, 0.5) is 4.39 Å². The van der Waals surface area contributed by atoms with E-state index < -0.39 is 11.6 Å². The van der Waals surface area contributed by atoms with E-state index in [4.69, 9.17) is 20.8 Å². The predicted molar refractivity (Wildman–Crippen MR) is 81.7 cm³/mol. The van der Waals surface area contributed by atoms with Crippen molar-refractivity contribution in [2.24, 2.45) is 0 Å². The smallest absolute Gasteiger partial charge is 0.439 e. The van der Waals surface area contributed by atoms with E-state index in [9.17, 15) is 9.18 Å². The van der Waals surface area contributed by atoms with Gasteiger partial charge in [0.1, 0.15) is 18.1 Å². The molecule has 23 heavy (non-hydrogen) atoms. The highest BCUT2D eigenvalue weighted by molar-refractivity contribution is 6.30. The number of pyridine rings is 1. The van der Waals surface area contributed by atoms with Gasteiger partial charge in [0.05, 0.1) is 0 Å². The van der Waals surface area contributed by atoms with E-state index in [2.05, 4.69) is 9.97 Å². The van der Waals surface area contributed by atoms with Crippen LogP contribution in [0.5, 0.6) is 5.88 Å². The second-order valence-electron chi connectivity index (χ2n) is 4.56. The van der Waals surface area contributed by atoms with Gasteiger partial charge in [-0.05, 0) is 18.2 Å². The van der Waals surface area contributed by atoms with Crippen molar-refractivity contribution in [3.8, 4) is 17.3 Å². The standard InChI is InChI=1S/C16H10ClFN2O3/c17-11-5-4-10(12(18)8-11)9-22-15-3-1-2-13(20-15)14-6-7-19-16(21)23-14/h1-8H,9H2. The van der Waals surface area contributed by atoms with E-state index in [1.165, 1.54) is 18.3 Å². The van der Waals surface area contributed by atoms with Gasteiger partial charge in [0.15, 0.2) is 5.76 Å². The quantitative estimate of drug-likeness (QED) is 0.732. The molecule has 3 rings (SSSR count). The van der Waals surface area contributed by atoms with E-state index in [-0.39, 0.29) is 18.2 Å². The third kappa shape index (κ3) is 3.73. The molecule has 0 radical (unpaired) electrons. The van der Waals surface area contributed by atoms with E-state index in [0.717, 1.165) is 0 Å². The highest BCUT2D eigenvalue weighted by Gasteiger charge is 2.07. The van der Waals surface area contributed by atoms with Gasteiger partial charge in [-0.15, -0.1) is 0 Å². The van der Waals surface area contributed by atoms with Crippen molar-refractivity contribution < 1.29 is 13.5 Å². The molecule has 0 bridgehead atoms. The molecular weight excluding hydrogens is 323 g/mol. The Morgan fingerprint density at radius 2 is 2.09 bits per heavy atom. The minimum absolute atomic E-state index is 0.000249. The Morgan fingerprint density at radius 1 is 1.22 bits per heavy atom. The molecule has 0 unspecified atom stereocenters. The van der Waals surface area contributed by atoms with Crippen molar-refractivity contribution >= 4 is 11.6 Å². The molecule has 0 aliphatic rings. The zero-order valence-corrected chi connectivity index (χ0v) is 12.5. The third-order valence-corrected chi connectivity index (χ3v) is 3.20. The highest BCUT2D eigenvalue weighted by Crippen LogP contribution is 2.20. The van der Waals surface area contributed by atoms with Crippen LogP contribution in [0.25, 0.3) is 11.5 Å². The lowest BCUT2D eigenvalue weighted by Crippen LogP contribution is -2.03. The second kappa shape index (κ2) is 6.58. The predicted octanol–water partition coefficient (Wildman–Crippen LogP) is 3.47. The first-order valence-electron chi connectivity index (χ1n) is 6.62. The lowest BCUT2D eigenvalue weighted by Gasteiger charge is -2.07. The number of ether oxygens (including phenoxy) is 1. The zero-order valence-electron chi connectivity index (χ0n) is 11.7. The van der Waals surface area contributed by atoms with Crippen LogP contribution in [0.15, 0.2) is 57.9 Å². The summed E-state index contributed by atoms with van der Waals surface area (Å²) in [4.78, 5) is 18.8. The summed E-state index contributed by atoms with van der Waals surface area (Å²) in [5.41, 5.74) is 0.774. The Balaban J connectivity index is 1.79. The lowest BCUT2D eigenvalue weighted by atomic mass is 10.2. The third-order valence-electron chi connectivity index (χ3n) is 2.97. The van der Waals surface area contributed by atoms with Gasteiger partial charge in [0.2, 0.25) is 5.88 Å². The Morgan fingerprint density at radius 3 is 2.87 bits per heavy atom. The fourth-order valence-electron chi connectivity index (χ4n) is 1.88. The summed E-state index contributed by atoms with van der Waals surface area (Å²) < 4.78 is 24.1. The van der Waals surface area contributed by atoms with Crippen LogP contribution in [0.2, 0.25) is 5.02 Å². The molecule has 0 amide bonds. The number of aromatic nitrogens is 2. The average Bonchev–Trinajstić information content (AvgIpc) is 2.54. The van der Waals surface area contributed by atoms with Crippen LogP contribution in [0, 0.1) is 5.82 Å². The normalized spacial score (nSPS) is 10.5. The van der Waals surface area contributed by atoms with Crippen LogP contribution in [-0.4, -0.2) is 9.97 Å². The number of benzene rings is 1. The van der Waals surface area contributed by atoms with Gasteiger partial charge in [-0.1, -0.05) is 23.7 Å². The van der Waals surface area contributed by atoms with Crippen molar-refractivity contribution in [1.82, 2.24) is 9.97 Å². The molecule has 7 heteroatoms. The Hall–Kier alpha value is -2.73. The zero-order chi connectivity index (χ0) is 16.2. The fourth-order valence-corrected chi connectivity index (χ4v) is 2.04. The molecule has 5 nitrogen and oxygen atoms in total. The largest absolute Gasteiger partial charge is 0.473 e. The molecule has 2 aromatic heterocycles. The number of nitrogens with zero attached hydrogens (tertiary/aromatic N) is 2. The maximum Gasteiger partial charge on any atom is 0.439 e. The van der Waals surface area contributed by atoms with E-state index in [1.54, 1.807) is 30.3 Å². The van der Waals surface area contributed by atoms with Crippen LogP contribution < -0.4 is 10.5 Å². The van der Waals surface area contributed by atoms with Crippen molar-refractivity contribution in [3.63, 3.8) is 0 Å². The van der Waals surface area contributed by atoms with Crippen LogP contribution in [0.1, 0.15) is 5.56 Å². The summed E-state index contributed by atoms with van der Waals surface area (Å²) in [5.74, 6) is -0.614. The number of hydrogen-bond donors (Lipinski definition) is 0. The Labute approximate surface area is 135 Å². The van der Waals surface area contributed by atoms with E-state index in [1.807, 2.05) is 0 Å². The molecule has 0 aliphatic carbocycles. The summed E-state index contributed by atoms with van der Waals surface area (Å²) in [6.07, 6.45) is 1.33. The van der Waals surface area contributed by atoms with Gasteiger partial charge in [-0.3, -0.25) is 0 Å². The number of rotatable bonds is 4. The number of halogens is 2. The summed E-state index contributed by atoms with van der Waals surface area (Å²) in [5, 5.41) is 0.319. The summed E-state index contributed by atoms with van der Waals surface area (Å²) in [6, 6.07) is 10.8. The minimum atomic E-state index is -0.709. The monoisotopic (exact) mass is 332 g/mol. The SMILES string of the molecule is O=c1nccc(-c2cccc(OCc3ccc(Cl)cc3F)n2)o1. The average molecular weight is 333 g/mol. The summed E-state index contributed by atoms with van der Waals surface area (Å²) in [6.45, 7) is -0.000249. The molecule has 0 fully saturated rings. The molecule has 3 aromatic rings. The topological polar surface area (TPSA) is 65.2 Å². The minimum Gasteiger partial charge on any atom is -0.473 e. The lowest BCUT2D eigenvalue weighted by molar-refractivity contribution is 0.288. The Bertz CT molecular complexity index is 898.